The van der Waals surface area contributed by atoms with Gasteiger partial charge in [0.2, 0.25) is 0 Å². The Kier molecular flexibility index (Phi) is 76.2. The van der Waals surface area contributed by atoms with Crippen molar-refractivity contribution in [1.82, 2.24) is 0 Å². The minimum absolute atomic E-state index is 0.0599. The first-order chi connectivity index (χ1) is 43.6. The van der Waals surface area contributed by atoms with Crippen molar-refractivity contribution >= 4 is 11.9 Å². The Balaban J connectivity index is 3.37. The van der Waals surface area contributed by atoms with E-state index in [1.165, 1.54) is 334 Å². The molecule has 0 radical (unpaired) electrons. The van der Waals surface area contributed by atoms with Gasteiger partial charge in [-0.3, -0.25) is 9.59 Å². The number of rotatable bonds is 74. The highest BCUT2D eigenvalue weighted by Gasteiger charge is 2.16. The molecule has 0 heterocycles. The number of esters is 2. The van der Waals surface area contributed by atoms with Gasteiger partial charge in [0.25, 0.3) is 0 Å². The fourth-order valence-corrected chi connectivity index (χ4v) is 12.1. The number of allylic oxidation sites excluding steroid dienone is 12. The second-order valence-electron chi connectivity index (χ2n) is 26.8. The van der Waals surface area contributed by atoms with E-state index in [0.29, 0.717) is 12.8 Å². The molecular formula is C83H152O5. The van der Waals surface area contributed by atoms with Crippen LogP contribution in [0.25, 0.3) is 0 Å². The summed E-state index contributed by atoms with van der Waals surface area (Å²) in [6.45, 7) is 4.09. The van der Waals surface area contributed by atoms with Gasteiger partial charge in [-0.2, -0.15) is 0 Å². The van der Waals surface area contributed by atoms with E-state index in [1.54, 1.807) is 0 Å². The van der Waals surface area contributed by atoms with Crippen LogP contribution < -0.4 is 0 Å². The molecule has 0 spiro atoms. The van der Waals surface area contributed by atoms with Crippen LogP contribution in [0.15, 0.2) is 72.9 Å². The number of hydrogen-bond acceptors (Lipinski definition) is 5. The molecule has 1 N–H and O–H groups in total. The highest BCUT2D eigenvalue weighted by atomic mass is 16.6. The van der Waals surface area contributed by atoms with Crippen LogP contribution >= 0.6 is 0 Å². The molecular weight excluding hydrogens is 1080 g/mol. The van der Waals surface area contributed by atoms with Gasteiger partial charge in [0.15, 0.2) is 6.10 Å². The van der Waals surface area contributed by atoms with Crippen molar-refractivity contribution in [2.75, 3.05) is 13.2 Å². The smallest absolute Gasteiger partial charge is 0.306 e. The van der Waals surface area contributed by atoms with E-state index in [9.17, 15) is 14.7 Å². The molecule has 88 heavy (non-hydrogen) atoms. The molecule has 0 aliphatic heterocycles. The molecule has 0 amide bonds. The third-order valence-corrected chi connectivity index (χ3v) is 18.0. The highest BCUT2D eigenvalue weighted by molar-refractivity contribution is 5.70. The Bertz CT molecular complexity index is 1540. The van der Waals surface area contributed by atoms with E-state index < -0.39 is 6.10 Å². The molecule has 0 saturated heterocycles. The third kappa shape index (κ3) is 75.8. The van der Waals surface area contributed by atoms with Crippen LogP contribution in [0.2, 0.25) is 0 Å². The minimum Gasteiger partial charge on any atom is -0.462 e. The van der Waals surface area contributed by atoms with Crippen LogP contribution in [0.5, 0.6) is 0 Å². The standard InChI is InChI=1S/C83H152O5/c1-3-5-7-9-11-13-15-17-19-21-23-25-27-29-31-33-35-37-38-39-40-41-42-43-44-46-48-50-52-54-56-58-60-62-64-66-68-70-72-74-76-78-83(86)88-81(79-84)80-87-82(85)77-75-73-71-69-67-65-63-61-59-57-55-53-51-49-47-45-36-34-32-30-28-26-24-22-20-18-16-14-12-10-8-6-4-2/h5,7,11,13,17,19,22-25,29,31,81,84H,3-4,6,8-10,12,14-16,18,20-21,26-28,30,32-80H2,1-2H3/b7-5-,13-11-,19-17-,24-22-,25-23-,31-29-. The second-order valence-corrected chi connectivity index (χ2v) is 26.8. The lowest BCUT2D eigenvalue weighted by Crippen LogP contribution is -2.28. The monoisotopic (exact) mass is 1230 g/mol. The van der Waals surface area contributed by atoms with Gasteiger partial charge in [-0.15, -0.1) is 0 Å². The lowest BCUT2D eigenvalue weighted by atomic mass is 10.0. The Morgan fingerprint density at radius 1 is 0.273 bits per heavy atom. The second kappa shape index (κ2) is 78.6. The average molecular weight is 1230 g/mol. The fourth-order valence-electron chi connectivity index (χ4n) is 12.1. The summed E-state index contributed by atoms with van der Waals surface area (Å²) in [6, 6.07) is 0. The summed E-state index contributed by atoms with van der Waals surface area (Å²) in [6.07, 6.45) is 110. The average Bonchev–Trinajstić information content (AvgIpc) is 3.56. The zero-order valence-electron chi connectivity index (χ0n) is 59.3. The molecule has 5 nitrogen and oxygen atoms in total. The Hall–Kier alpha value is -2.66. The maximum atomic E-state index is 12.4. The Morgan fingerprint density at radius 2 is 0.489 bits per heavy atom. The van der Waals surface area contributed by atoms with Crippen molar-refractivity contribution in [2.24, 2.45) is 0 Å². The zero-order valence-corrected chi connectivity index (χ0v) is 59.3. The Morgan fingerprint density at radius 3 is 0.750 bits per heavy atom. The number of ether oxygens (including phenoxy) is 2. The van der Waals surface area contributed by atoms with Gasteiger partial charge in [0, 0.05) is 12.8 Å². The first kappa shape index (κ1) is 85.3. The fraction of sp³-hybridized carbons (Fsp3) is 0.831. The maximum absolute atomic E-state index is 12.4. The van der Waals surface area contributed by atoms with Gasteiger partial charge < -0.3 is 14.6 Å². The number of carbonyl (C=O) groups is 2. The summed E-state index contributed by atoms with van der Waals surface area (Å²) in [4.78, 5) is 24.7. The number of hydrogen-bond donors (Lipinski definition) is 1. The molecule has 1 atom stereocenters. The molecule has 0 saturated carbocycles. The third-order valence-electron chi connectivity index (χ3n) is 18.0. The van der Waals surface area contributed by atoms with Crippen LogP contribution in [0.1, 0.15) is 425 Å². The van der Waals surface area contributed by atoms with E-state index >= 15 is 0 Å². The molecule has 0 aliphatic carbocycles. The van der Waals surface area contributed by atoms with Gasteiger partial charge in [-0.1, -0.05) is 401 Å². The van der Waals surface area contributed by atoms with Crippen molar-refractivity contribution in [3.8, 4) is 0 Å². The van der Waals surface area contributed by atoms with Crippen LogP contribution in [0.3, 0.4) is 0 Å². The predicted molar refractivity (Wildman–Crippen MR) is 390 cm³/mol. The summed E-state index contributed by atoms with van der Waals surface area (Å²) in [5, 5.41) is 9.73. The summed E-state index contributed by atoms with van der Waals surface area (Å²) in [7, 11) is 0. The number of aliphatic hydroxyl groups is 1. The number of aliphatic hydroxyl groups excluding tert-OH is 1. The summed E-state index contributed by atoms with van der Waals surface area (Å²) < 4.78 is 10.8. The van der Waals surface area contributed by atoms with Gasteiger partial charge in [0.05, 0.1) is 6.61 Å². The molecule has 1 unspecified atom stereocenters. The first-order valence-corrected chi connectivity index (χ1v) is 39.5. The van der Waals surface area contributed by atoms with E-state index in [-0.39, 0.29) is 25.2 Å². The van der Waals surface area contributed by atoms with E-state index in [0.717, 1.165) is 64.2 Å². The van der Waals surface area contributed by atoms with Crippen molar-refractivity contribution < 1.29 is 24.2 Å². The first-order valence-electron chi connectivity index (χ1n) is 39.5. The Labute approximate surface area is 550 Å². The number of carbonyl (C=O) groups excluding carboxylic acids is 2. The van der Waals surface area contributed by atoms with E-state index in [2.05, 4.69) is 86.8 Å². The molecule has 0 aromatic heterocycles. The van der Waals surface area contributed by atoms with Crippen LogP contribution in [0, 0.1) is 0 Å². The molecule has 0 bridgehead atoms. The van der Waals surface area contributed by atoms with Crippen LogP contribution in [0.4, 0.5) is 0 Å². The lowest BCUT2D eigenvalue weighted by Gasteiger charge is -2.15. The minimum atomic E-state index is -0.772. The molecule has 0 fully saturated rings. The largest absolute Gasteiger partial charge is 0.462 e. The summed E-state index contributed by atoms with van der Waals surface area (Å²) in [5.74, 6) is -0.565. The van der Waals surface area contributed by atoms with Crippen LogP contribution in [-0.2, 0) is 19.1 Å². The van der Waals surface area contributed by atoms with Gasteiger partial charge >= 0.3 is 11.9 Å². The quantitative estimate of drug-likeness (QED) is 0.0373. The molecule has 0 aromatic carbocycles. The predicted octanol–water partition coefficient (Wildman–Crippen LogP) is 27.8. The topological polar surface area (TPSA) is 72.8 Å². The zero-order chi connectivity index (χ0) is 63.3. The van der Waals surface area contributed by atoms with Crippen molar-refractivity contribution in [3.05, 3.63) is 72.9 Å². The van der Waals surface area contributed by atoms with Crippen molar-refractivity contribution in [2.45, 2.75) is 431 Å². The van der Waals surface area contributed by atoms with Crippen molar-refractivity contribution in [3.63, 3.8) is 0 Å². The molecule has 0 aliphatic rings. The lowest BCUT2D eigenvalue weighted by molar-refractivity contribution is -0.161. The van der Waals surface area contributed by atoms with Gasteiger partial charge in [-0.05, 0) is 83.5 Å². The number of unbranched alkanes of at least 4 members (excludes halogenated alkanes) is 54. The molecule has 0 rings (SSSR count). The van der Waals surface area contributed by atoms with Crippen molar-refractivity contribution in [1.29, 1.82) is 0 Å². The SMILES string of the molecule is CC/C=C\C/C=C\C/C=C\C/C=C\C/C=C\CCCCCCCCCCCCCCCCCCCCCCCCCCCC(=O)OC(CO)COC(=O)CCCCCCCCCCCCCCCCCCCCCCC/C=C\CCCCCCCCCC. The maximum Gasteiger partial charge on any atom is 0.306 e. The van der Waals surface area contributed by atoms with E-state index in [1.807, 2.05) is 0 Å². The summed E-state index contributed by atoms with van der Waals surface area (Å²) >= 11 is 0. The van der Waals surface area contributed by atoms with Crippen LogP contribution in [-0.4, -0.2) is 36.4 Å². The van der Waals surface area contributed by atoms with Gasteiger partial charge in [-0.25, -0.2) is 0 Å². The molecule has 0 aromatic rings. The molecule has 5 heteroatoms. The molecule has 514 valence electrons. The van der Waals surface area contributed by atoms with E-state index in [4.69, 9.17) is 9.47 Å². The normalized spacial score (nSPS) is 12.5. The summed E-state index contributed by atoms with van der Waals surface area (Å²) in [5.41, 5.74) is 0. The highest BCUT2D eigenvalue weighted by Crippen LogP contribution is 2.20. The van der Waals surface area contributed by atoms with Gasteiger partial charge in [0.1, 0.15) is 6.61 Å².